The Balaban J connectivity index is 3.20. The summed E-state index contributed by atoms with van der Waals surface area (Å²) in [4.78, 5) is 11.3. The SMILES string of the molecule is COC(=O)C(c1ccccc1)S(=O)(=O)Cl. The molecule has 0 aliphatic heterocycles. The molecule has 0 saturated heterocycles. The Kier molecular flexibility index (Phi) is 3.71. The summed E-state index contributed by atoms with van der Waals surface area (Å²) in [7, 11) is 2.26. The lowest BCUT2D eigenvalue weighted by atomic mass is 10.1. The highest BCUT2D eigenvalue weighted by molar-refractivity contribution is 8.14. The van der Waals surface area contributed by atoms with Gasteiger partial charge in [0.25, 0.3) is 9.05 Å². The van der Waals surface area contributed by atoms with E-state index in [9.17, 15) is 13.2 Å². The van der Waals surface area contributed by atoms with Crippen LogP contribution in [-0.2, 0) is 18.6 Å². The van der Waals surface area contributed by atoms with Gasteiger partial charge in [-0.25, -0.2) is 8.42 Å². The summed E-state index contributed by atoms with van der Waals surface area (Å²) < 4.78 is 26.8. The van der Waals surface area contributed by atoms with E-state index in [-0.39, 0.29) is 0 Å². The van der Waals surface area contributed by atoms with E-state index in [1.54, 1.807) is 18.2 Å². The minimum Gasteiger partial charge on any atom is -0.468 e. The van der Waals surface area contributed by atoms with Crippen LogP contribution >= 0.6 is 10.7 Å². The molecule has 0 bridgehead atoms. The number of hydrogen-bond donors (Lipinski definition) is 0. The molecule has 0 aliphatic rings. The van der Waals surface area contributed by atoms with E-state index >= 15 is 0 Å². The van der Waals surface area contributed by atoms with Gasteiger partial charge in [0.15, 0.2) is 5.25 Å². The van der Waals surface area contributed by atoms with Crippen LogP contribution in [0.15, 0.2) is 30.3 Å². The number of esters is 1. The normalized spacial score (nSPS) is 13.2. The number of ether oxygens (including phenoxy) is 1. The number of rotatable bonds is 3. The third-order valence-electron chi connectivity index (χ3n) is 1.80. The van der Waals surface area contributed by atoms with Crippen molar-refractivity contribution >= 4 is 25.7 Å². The average Bonchev–Trinajstić information content (AvgIpc) is 2.17. The van der Waals surface area contributed by atoms with Crippen molar-refractivity contribution in [3.63, 3.8) is 0 Å². The number of carbonyl (C=O) groups is 1. The summed E-state index contributed by atoms with van der Waals surface area (Å²) in [6, 6.07) is 7.95. The average molecular weight is 249 g/mol. The van der Waals surface area contributed by atoms with Crippen molar-refractivity contribution in [1.82, 2.24) is 0 Å². The predicted molar refractivity (Wildman–Crippen MR) is 56.0 cm³/mol. The van der Waals surface area contributed by atoms with Crippen LogP contribution < -0.4 is 0 Å². The summed E-state index contributed by atoms with van der Waals surface area (Å²) in [5.41, 5.74) is 0.291. The molecule has 0 saturated carbocycles. The smallest absolute Gasteiger partial charge is 0.329 e. The fraction of sp³-hybridized carbons (Fsp3) is 0.222. The van der Waals surface area contributed by atoms with Crippen molar-refractivity contribution in [3.8, 4) is 0 Å². The lowest BCUT2D eigenvalue weighted by Gasteiger charge is -2.10. The zero-order valence-electron chi connectivity index (χ0n) is 7.88. The molecule has 0 amide bonds. The predicted octanol–water partition coefficient (Wildman–Crippen LogP) is 1.47. The molecule has 1 rings (SSSR count). The Morgan fingerprint density at radius 1 is 1.33 bits per heavy atom. The Morgan fingerprint density at radius 3 is 2.27 bits per heavy atom. The second-order valence-electron chi connectivity index (χ2n) is 2.79. The number of hydrogen-bond acceptors (Lipinski definition) is 4. The van der Waals surface area contributed by atoms with Crippen molar-refractivity contribution in [3.05, 3.63) is 35.9 Å². The summed E-state index contributed by atoms with van der Waals surface area (Å²) >= 11 is 0. The molecule has 4 nitrogen and oxygen atoms in total. The molecule has 0 heterocycles. The second-order valence-corrected chi connectivity index (χ2v) is 5.50. The first kappa shape index (κ1) is 12.0. The Labute approximate surface area is 92.2 Å². The number of carbonyl (C=O) groups excluding carboxylic acids is 1. The molecule has 1 unspecified atom stereocenters. The lowest BCUT2D eigenvalue weighted by molar-refractivity contribution is -0.140. The molecule has 1 aromatic rings. The van der Waals surface area contributed by atoms with E-state index in [0.29, 0.717) is 5.56 Å². The fourth-order valence-electron chi connectivity index (χ4n) is 1.15. The van der Waals surface area contributed by atoms with Crippen LogP contribution in [-0.4, -0.2) is 21.5 Å². The van der Waals surface area contributed by atoms with Crippen molar-refractivity contribution in [2.75, 3.05) is 7.11 Å². The standard InChI is InChI=1S/C9H9ClO4S/c1-14-9(11)8(15(10,12)13)7-5-3-2-4-6-7/h2-6,8H,1H3. The largest absolute Gasteiger partial charge is 0.468 e. The van der Waals surface area contributed by atoms with E-state index in [2.05, 4.69) is 4.74 Å². The molecule has 0 spiro atoms. The number of methoxy groups -OCH3 is 1. The fourth-order valence-corrected chi connectivity index (χ4v) is 2.48. The molecule has 0 N–H and O–H groups in total. The monoisotopic (exact) mass is 248 g/mol. The minimum atomic E-state index is -4.03. The van der Waals surface area contributed by atoms with Gasteiger partial charge >= 0.3 is 5.97 Å². The van der Waals surface area contributed by atoms with Gasteiger partial charge in [0.05, 0.1) is 7.11 Å². The highest BCUT2D eigenvalue weighted by atomic mass is 35.7. The number of halogens is 1. The second kappa shape index (κ2) is 4.63. The van der Waals surface area contributed by atoms with Gasteiger partial charge in [0.1, 0.15) is 0 Å². The van der Waals surface area contributed by atoms with Gasteiger partial charge < -0.3 is 4.74 Å². The van der Waals surface area contributed by atoms with Crippen molar-refractivity contribution in [2.24, 2.45) is 0 Å². The van der Waals surface area contributed by atoms with Gasteiger partial charge in [-0.05, 0) is 5.56 Å². The molecule has 1 atom stereocenters. The first-order chi connectivity index (χ1) is 6.96. The van der Waals surface area contributed by atoms with Crippen molar-refractivity contribution < 1.29 is 17.9 Å². The Bertz CT molecular complexity index is 440. The summed E-state index contributed by atoms with van der Waals surface area (Å²) in [6.07, 6.45) is 0. The molecular formula is C9H9ClO4S. The van der Waals surface area contributed by atoms with Gasteiger partial charge in [-0.15, -0.1) is 0 Å². The topological polar surface area (TPSA) is 60.4 Å². The van der Waals surface area contributed by atoms with Crippen molar-refractivity contribution in [1.29, 1.82) is 0 Å². The molecule has 0 aliphatic carbocycles. The van der Waals surface area contributed by atoms with Crippen LogP contribution in [0.4, 0.5) is 0 Å². The van der Waals surface area contributed by atoms with Crippen LogP contribution in [0.1, 0.15) is 10.8 Å². The van der Waals surface area contributed by atoms with Gasteiger partial charge in [-0.3, -0.25) is 4.79 Å². The molecule has 82 valence electrons. The third kappa shape index (κ3) is 2.94. The van der Waals surface area contributed by atoms with E-state index < -0.39 is 20.3 Å². The van der Waals surface area contributed by atoms with Gasteiger partial charge in [0, 0.05) is 10.7 Å². The van der Waals surface area contributed by atoms with E-state index in [4.69, 9.17) is 10.7 Å². The van der Waals surface area contributed by atoms with E-state index in [0.717, 1.165) is 7.11 Å². The van der Waals surface area contributed by atoms with Gasteiger partial charge in [-0.2, -0.15) is 0 Å². The molecule has 15 heavy (non-hydrogen) atoms. The molecule has 1 aromatic carbocycles. The zero-order chi connectivity index (χ0) is 11.5. The third-order valence-corrected chi connectivity index (χ3v) is 3.36. The molecule has 6 heteroatoms. The highest BCUT2D eigenvalue weighted by Gasteiger charge is 2.33. The minimum absolute atomic E-state index is 0.291. The lowest BCUT2D eigenvalue weighted by Crippen LogP contribution is -2.19. The van der Waals surface area contributed by atoms with Crippen molar-refractivity contribution in [2.45, 2.75) is 5.25 Å². The van der Waals surface area contributed by atoms with Crippen LogP contribution in [0.2, 0.25) is 0 Å². The van der Waals surface area contributed by atoms with E-state index in [1.807, 2.05) is 0 Å². The molecule has 0 radical (unpaired) electrons. The quantitative estimate of drug-likeness (QED) is 0.600. The highest BCUT2D eigenvalue weighted by Crippen LogP contribution is 2.26. The number of benzene rings is 1. The van der Waals surface area contributed by atoms with E-state index in [1.165, 1.54) is 12.1 Å². The first-order valence-electron chi connectivity index (χ1n) is 4.03. The van der Waals surface area contributed by atoms with Gasteiger partial charge in [0.2, 0.25) is 0 Å². The molecule has 0 aromatic heterocycles. The van der Waals surface area contributed by atoms with Gasteiger partial charge in [-0.1, -0.05) is 30.3 Å². The first-order valence-corrected chi connectivity index (χ1v) is 6.40. The molecular weight excluding hydrogens is 240 g/mol. The summed E-state index contributed by atoms with van der Waals surface area (Å²) in [5.74, 6) is -0.892. The maximum Gasteiger partial charge on any atom is 0.329 e. The van der Waals surface area contributed by atoms with Crippen LogP contribution in [0.25, 0.3) is 0 Å². The Hall–Kier alpha value is -1.07. The zero-order valence-corrected chi connectivity index (χ0v) is 9.46. The maximum atomic E-state index is 11.3. The van der Waals surface area contributed by atoms with Crippen LogP contribution in [0.5, 0.6) is 0 Å². The van der Waals surface area contributed by atoms with Crippen LogP contribution in [0, 0.1) is 0 Å². The van der Waals surface area contributed by atoms with Crippen LogP contribution in [0.3, 0.4) is 0 Å². The molecule has 0 fully saturated rings. The summed E-state index contributed by atoms with van der Waals surface area (Å²) in [5, 5.41) is -1.47. The maximum absolute atomic E-state index is 11.3. The Morgan fingerprint density at radius 2 is 1.87 bits per heavy atom. The summed E-state index contributed by atoms with van der Waals surface area (Å²) in [6.45, 7) is 0.